The van der Waals surface area contributed by atoms with E-state index >= 15 is 0 Å². The lowest BCUT2D eigenvalue weighted by Gasteiger charge is -2.18. The Morgan fingerprint density at radius 2 is 2.18 bits per heavy atom. The fourth-order valence-corrected chi connectivity index (χ4v) is 2.41. The third-order valence-corrected chi connectivity index (χ3v) is 3.34. The molecule has 0 spiro atoms. The number of nitrogens with zero attached hydrogens (tertiary/aromatic N) is 1. The Morgan fingerprint density at radius 3 is 2.76 bits per heavy atom. The molecule has 1 aromatic rings. The Bertz CT molecular complexity index is 465. The topological polar surface area (TPSA) is 66.6 Å². The van der Waals surface area contributed by atoms with Crippen molar-refractivity contribution in [2.24, 2.45) is 11.7 Å². The van der Waals surface area contributed by atoms with E-state index in [9.17, 15) is 9.90 Å². The van der Waals surface area contributed by atoms with Gasteiger partial charge in [0, 0.05) is 18.0 Å². The van der Waals surface area contributed by atoms with Gasteiger partial charge in [-0.3, -0.25) is 4.79 Å². The van der Waals surface area contributed by atoms with Crippen molar-refractivity contribution in [2.75, 3.05) is 18.0 Å². The molecule has 17 heavy (non-hydrogen) atoms. The maximum Gasteiger partial charge on any atom is 0.227 e. The molecule has 1 amide bonds. The van der Waals surface area contributed by atoms with E-state index in [4.69, 9.17) is 28.9 Å². The zero-order valence-electron chi connectivity index (χ0n) is 8.99. The van der Waals surface area contributed by atoms with Gasteiger partial charge in [0.1, 0.15) is 0 Å². The summed E-state index contributed by atoms with van der Waals surface area (Å²) in [5.74, 6) is -0.0872. The fraction of sp³-hybridized carbons (Fsp3) is 0.364. The van der Waals surface area contributed by atoms with E-state index < -0.39 is 0 Å². The van der Waals surface area contributed by atoms with Crippen molar-refractivity contribution < 1.29 is 9.90 Å². The van der Waals surface area contributed by atoms with Crippen LogP contribution in [0.1, 0.15) is 6.42 Å². The Kier molecular flexibility index (Phi) is 3.47. The van der Waals surface area contributed by atoms with Crippen LogP contribution in [0, 0.1) is 5.92 Å². The number of amides is 1. The monoisotopic (exact) mass is 274 g/mol. The van der Waals surface area contributed by atoms with Gasteiger partial charge in [-0.1, -0.05) is 23.2 Å². The van der Waals surface area contributed by atoms with E-state index in [0.717, 1.165) is 0 Å². The molecule has 1 atom stereocenters. The predicted molar refractivity (Wildman–Crippen MR) is 67.6 cm³/mol. The molecule has 0 bridgehead atoms. The molecule has 92 valence electrons. The second-order valence-electron chi connectivity index (χ2n) is 4.07. The SMILES string of the molecule is NCC1CC(=O)N(c2cc(Cl)cc(Cl)c2O)C1. The molecule has 1 aliphatic heterocycles. The number of carbonyl (C=O) groups excluding carboxylic acids is 1. The quantitative estimate of drug-likeness (QED) is 0.867. The van der Waals surface area contributed by atoms with Crippen molar-refractivity contribution >= 4 is 34.8 Å². The summed E-state index contributed by atoms with van der Waals surface area (Å²) < 4.78 is 0. The molecule has 1 heterocycles. The number of halogens is 2. The van der Waals surface area contributed by atoms with Crippen LogP contribution in [0.5, 0.6) is 5.75 Å². The maximum absolute atomic E-state index is 11.8. The van der Waals surface area contributed by atoms with Crippen molar-refractivity contribution in [1.29, 1.82) is 0 Å². The minimum absolute atomic E-state index is 0.0749. The molecular formula is C11H12Cl2N2O2. The normalized spacial score (nSPS) is 20.1. The molecule has 0 aliphatic carbocycles. The maximum atomic E-state index is 11.8. The molecule has 0 aromatic heterocycles. The smallest absolute Gasteiger partial charge is 0.227 e. The number of carbonyl (C=O) groups is 1. The standard InChI is InChI=1S/C11H12Cl2N2O2/c12-7-2-8(13)11(17)9(3-7)15-5-6(4-14)1-10(15)16/h2-3,6,17H,1,4-5,14H2. The third-order valence-electron chi connectivity index (χ3n) is 2.84. The van der Waals surface area contributed by atoms with Crippen molar-refractivity contribution in [1.82, 2.24) is 0 Å². The van der Waals surface area contributed by atoms with Crippen molar-refractivity contribution in [2.45, 2.75) is 6.42 Å². The molecule has 0 saturated carbocycles. The first-order valence-corrected chi connectivity index (χ1v) is 5.97. The Labute approximate surface area is 109 Å². The number of aromatic hydroxyl groups is 1. The first-order chi connectivity index (χ1) is 8.02. The largest absolute Gasteiger partial charge is 0.504 e. The lowest BCUT2D eigenvalue weighted by molar-refractivity contribution is -0.117. The zero-order valence-corrected chi connectivity index (χ0v) is 10.5. The van der Waals surface area contributed by atoms with Gasteiger partial charge in [0.05, 0.1) is 10.7 Å². The number of phenols is 1. The Balaban J connectivity index is 2.38. The van der Waals surface area contributed by atoms with Crippen LogP contribution in [0.4, 0.5) is 5.69 Å². The molecule has 1 fully saturated rings. The predicted octanol–water partition coefficient (Wildman–Crippen LogP) is 2.01. The molecule has 1 unspecified atom stereocenters. The molecule has 4 nitrogen and oxygen atoms in total. The molecule has 1 aromatic carbocycles. The van der Waals surface area contributed by atoms with Gasteiger partial charge in [0.2, 0.25) is 5.91 Å². The first-order valence-electron chi connectivity index (χ1n) is 5.21. The zero-order chi connectivity index (χ0) is 12.6. The second kappa shape index (κ2) is 4.72. The van der Waals surface area contributed by atoms with Gasteiger partial charge in [0.25, 0.3) is 0 Å². The lowest BCUT2D eigenvalue weighted by Crippen LogP contribution is -2.25. The summed E-state index contributed by atoms with van der Waals surface area (Å²) in [6.45, 7) is 0.927. The van der Waals surface area contributed by atoms with Crippen LogP contribution in [0.15, 0.2) is 12.1 Å². The van der Waals surface area contributed by atoms with E-state index in [1.165, 1.54) is 17.0 Å². The number of hydrogen-bond acceptors (Lipinski definition) is 3. The fourth-order valence-electron chi connectivity index (χ4n) is 1.93. The highest BCUT2D eigenvalue weighted by molar-refractivity contribution is 6.36. The van der Waals surface area contributed by atoms with Crippen LogP contribution in [-0.4, -0.2) is 24.1 Å². The molecule has 0 radical (unpaired) electrons. The number of benzene rings is 1. The van der Waals surface area contributed by atoms with Crippen LogP contribution in [0.2, 0.25) is 10.0 Å². The molecular weight excluding hydrogens is 263 g/mol. The average Bonchev–Trinajstić information content (AvgIpc) is 2.65. The van der Waals surface area contributed by atoms with E-state index in [2.05, 4.69) is 0 Å². The Hall–Kier alpha value is -0.970. The van der Waals surface area contributed by atoms with Gasteiger partial charge in [-0.05, 0) is 24.6 Å². The minimum Gasteiger partial charge on any atom is -0.504 e. The van der Waals surface area contributed by atoms with Crippen LogP contribution in [0.25, 0.3) is 0 Å². The van der Waals surface area contributed by atoms with Gasteiger partial charge in [-0.2, -0.15) is 0 Å². The van der Waals surface area contributed by atoms with E-state index in [0.29, 0.717) is 30.2 Å². The summed E-state index contributed by atoms with van der Waals surface area (Å²) in [5, 5.41) is 10.4. The highest BCUT2D eigenvalue weighted by atomic mass is 35.5. The summed E-state index contributed by atoms with van der Waals surface area (Å²) in [6, 6.07) is 2.96. The minimum atomic E-state index is -0.123. The van der Waals surface area contributed by atoms with E-state index in [1.54, 1.807) is 0 Å². The van der Waals surface area contributed by atoms with Crippen molar-refractivity contribution in [3.8, 4) is 5.75 Å². The molecule has 1 saturated heterocycles. The number of rotatable bonds is 2. The molecule has 3 N–H and O–H groups in total. The van der Waals surface area contributed by atoms with Gasteiger partial charge >= 0.3 is 0 Å². The van der Waals surface area contributed by atoms with E-state index in [-0.39, 0.29) is 22.6 Å². The van der Waals surface area contributed by atoms with Crippen LogP contribution >= 0.6 is 23.2 Å². The molecule has 2 rings (SSSR count). The molecule has 6 heteroatoms. The van der Waals surface area contributed by atoms with Gasteiger partial charge < -0.3 is 15.7 Å². The number of phenolic OH excluding ortho intramolecular Hbond substituents is 1. The summed E-state index contributed by atoms with van der Waals surface area (Å²) in [7, 11) is 0. The summed E-state index contributed by atoms with van der Waals surface area (Å²) in [5.41, 5.74) is 5.89. The summed E-state index contributed by atoms with van der Waals surface area (Å²) in [4.78, 5) is 13.3. The van der Waals surface area contributed by atoms with Crippen LogP contribution < -0.4 is 10.6 Å². The van der Waals surface area contributed by atoms with Crippen LogP contribution in [0.3, 0.4) is 0 Å². The number of hydrogen-bond donors (Lipinski definition) is 2. The lowest BCUT2D eigenvalue weighted by atomic mass is 10.1. The summed E-state index contributed by atoms with van der Waals surface area (Å²) >= 11 is 11.7. The second-order valence-corrected chi connectivity index (χ2v) is 4.91. The Morgan fingerprint density at radius 1 is 1.47 bits per heavy atom. The van der Waals surface area contributed by atoms with Gasteiger partial charge in [-0.15, -0.1) is 0 Å². The highest BCUT2D eigenvalue weighted by Gasteiger charge is 2.31. The average molecular weight is 275 g/mol. The van der Waals surface area contributed by atoms with Crippen LogP contribution in [-0.2, 0) is 4.79 Å². The number of nitrogens with two attached hydrogens (primary N) is 1. The van der Waals surface area contributed by atoms with E-state index in [1.807, 2.05) is 0 Å². The first kappa shape index (κ1) is 12.5. The van der Waals surface area contributed by atoms with Gasteiger partial charge in [-0.25, -0.2) is 0 Å². The number of anilines is 1. The highest BCUT2D eigenvalue weighted by Crippen LogP contribution is 2.39. The van der Waals surface area contributed by atoms with Crippen molar-refractivity contribution in [3.05, 3.63) is 22.2 Å². The molecule has 1 aliphatic rings. The van der Waals surface area contributed by atoms with Crippen molar-refractivity contribution in [3.63, 3.8) is 0 Å². The third kappa shape index (κ3) is 2.34. The van der Waals surface area contributed by atoms with Gasteiger partial charge in [0.15, 0.2) is 5.75 Å². The summed E-state index contributed by atoms with van der Waals surface area (Å²) in [6.07, 6.45) is 0.389.